The second-order valence-electron chi connectivity index (χ2n) is 5.97. The van der Waals surface area contributed by atoms with Crippen molar-refractivity contribution in [3.8, 4) is 17.2 Å². The molecule has 0 fully saturated rings. The number of ether oxygens (including phenoxy) is 4. The predicted molar refractivity (Wildman–Crippen MR) is 98.3 cm³/mol. The molecule has 0 saturated carbocycles. The Balaban J connectivity index is 1.64. The third-order valence-corrected chi connectivity index (χ3v) is 4.11. The average molecular weight is 357 g/mol. The number of anilines is 1. The number of fused-ring (bicyclic) bond motifs is 1. The van der Waals surface area contributed by atoms with E-state index in [0.29, 0.717) is 43.4 Å². The Hall–Kier alpha value is -2.73. The molecular formula is C20H23NO5. The number of carbonyl (C=O) groups is 1. The molecule has 2 aromatic rings. The lowest BCUT2D eigenvalue weighted by molar-refractivity contribution is -0.115. The van der Waals surface area contributed by atoms with Gasteiger partial charge < -0.3 is 24.3 Å². The number of methoxy groups -OCH3 is 2. The van der Waals surface area contributed by atoms with Gasteiger partial charge >= 0.3 is 0 Å². The van der Waals surface area contributed by atoms with Gasteiger partial charge in [0.15, 0.2) is 11.5 Å². The number of hydrogen-bond acceptors (Lipinski definition) is 5. The molecule has 3 rings (SSSR count). The maximum absolute atomic E-state index is 12.4. The van der Waals surface area contributed by atoms with E-state index in [1.165, 1.54) is 0 Å². The van der Waals surface area contributed by atoms with E-state index in [2.05, 4.69) is 5.32 Å². The zero-order valence-corrected chi connectivity index (χ0v) is 15.0. The quantitative estimate of drug-likeness (QED) is 0.736. The highest BCUT2D eigenvalue weighted by Crippen LogP contribution is 2.30. The first kappa shape index (κ1) is 18.1. The van der Waals surface area contributed by atoms with E-state index >= 15 is 0 Å². The summed E-state index contributed by atoms with van der Waals surface area (Å²) in [4.78, 5) is 12.4. The minimum absolute atomic E-state index is 0.0862. The van der Waals surface area contributed by atoms with Crippen LogP contribution in [0.4, 0.5) is 5.69 Å². The summed E-state index contributed by atoms with van der Waals surface area (Å²) in [6, 6.07) is 11.2. The van der Waals surface area contributed by atoms with E-state index in [1.807, 2.05) is 18.2 Å². The van der Waals surface area contributed by atoms with Gasteiger partial charge in [0.2, 0.25) is 5.91 Å². The van der Waals surface area contributed by atoms with Crippen LogP contribution in [-0.2, 0) is 22.4 Å². The highest BCUT2D eigenvalue weighted by Gasteiger charge is 2.14. The number of benzene rings is 2. The Morgan fingerprint density at radius 1 is 1.12 bits per heavy atom. The molecule has 1 heterocycles. The first-order chi connectivity index (χ1) is 12.7. The van der Waals surface area contributed by atoms with E-state index in [9.17, 15) is 4.79 Å². The van der Waals surface area contributed by atoms with Gasteiger partial charge in [0.05, 0.1) is 26.7 Å². The van der Waals surface area contributed by atoms with Crippen LogP contribution in [0.1, 0.15) is 11.1 Å². The van der Waals surface area contributed by atoms with Crippen molar-refractivity contribution in [2.75, 3.05) is 39.4 Å². The van der Waals surface area contributed by atoms with E-state index in [0.717, 1.165) is 23.3 Å². The van der Waals surface area contributed by atoms with Crippen LogP contribution in [0.2, 0.25) is 0 Å². The second-order valence-corrected chi connectivity index (χ2v) is 5.97. The molecule has 1 aliphatic heterocycles. The second kappa shape index (κ2) is 8.58. The van der Waals surface area contributed by atoms with Crippen LogP contribution in [-0.4, -0.2) is 39.9 Å². The van der Waals surface area contributed by atoms with Crippen molar-refractivity contribution in [3.05, 3.63) is 47.5 Å². The van der Waals surface area contributed by atoms with Crippen molar-refractivity contribution in [1.82, 2.24) is 0 Å². The van der Waals surface area contributed by atoms with Gasteiger partial charge in [-0.1, -0.05) is 12.1 Å². The highest BCUT2D eigenvalue weighted by molar-refractivity contribution is 5.92. The van der Waals surface area contributed by atoms with Gasteiger partial charge in [-0.2, -0.15) is 0 Å². The van der Waals surface area contributed by atoms with Gasteiger partial charge in [-0.3, -0.25) is 4.79 Å². The van der Waals surface area contributed by atoms with Gasteiger partial charge in [0.25, 0.3) is 0 Å². The molecule has 0 unspecified atom stereocenters. The Morgan fingerprint density at radius 3 is 2.81 bits per heavy atom. The van der Waals surface area contributed by atoms with Crippen molar-refractivity contribution in [3.63, 3.8) is 0 Å². The number of carbonyl (C=O) groups excluding carboxylic acids is 1. The van der Waals surface area contributed by atoms with E-state index < -0.39 is 0 Å². The molecule has 2 aromatic carbocycles. The SMILES string of the molecule is COCCOc1cc(NC(=O)Cc2ccc3c(c2)CCO3)ccc1OC. The minimum atomic E-state index is -0.0862. The third-order valence-electron chi connectivity index (χ3n) is 4.11. The van der Waals surface area contributed by atoms with Crippen LogP contribution < -0.4 is 19.5 Å². The molecule has 0 saturated heterocycles. The number of amides is 1. The lowest BCUT2D eigenvalue weighted by Crippen LogP contribution is -2.14. The van der Waals surface area contributed by atoms with Crippen molar-refractivity contribution in [2.24, 2.45) is 0 Å². The molecular weight excluding hydrogens is 334 g/mol. The number of nitrogens with one attached hydrogen (secondary N) is 1. The Morgan fingerprint density at radius 2 is 2.00 bits per heavy atom. The van der Waals surface area contributed by atoms with Crippen LogP contribution in [0.5, 0.6) is 17.2 Å². The molecule has 1 amide bonds. The summed E-state index contributed by atoms with van der Waals surface area (Å²) < 4.78 is 21.4. The molecule has 0 spiro atoms. The fourth-order valence-corrected chi connectivity index (χ4v) is 2.84. The number of rotatable bonds is 8. The van der Waals surface area contributed by atoms with Gasteiger partial charge in [-0.05, 0) is 29.3 Å². The summed E-state index contributed by atoms with van der Waals surface area (Å²) in [5.74, 6) is 2.01. The van der Waals surface area contributed by atoms with Crippen molar-refractivity contribution < 1.29 is 23.7 Å². The van der Waals surface area contributed by atoms with Gasteiger partial charge in [0, 0.05) is 25.3 Å². The summed E-state index contributed by atoms with van der Waals surface area (Å²) >= 11 is 0. The van der Waals surface area contributed by atoms with Crippen LogP contribution >= 0.6 is 0 Å². The maximum Gasteiger partial charge on any atom is 0.228 e. The zero-order chi connectivity index (χ0) is 18.4. The van der Waals surface area contributed by atoms with E-state index in [1.54, 1.807) is 32.4 Å². The smallest absolute Gasteiger partial charge is 0.228 e. The van der Waals surface area contributed by atoms with Crippen molar-refractivity contribution in [2.45, 2.75) is 12.8 Å². The lowest BCUT2D eigenvalue weighted by Gasteiger charge is -2.13. The Labute approximate surface area is 153 Å². The molecule has 1 aliphatic rings. The van der Waals surface area contributed by atoms with Crippen LogP contribution in [0.25, 0.3) is 0 Å². The van der Waals surface area contributed by atoms with Crippen LogP contribution in [0.15, 0.2) is 36.4 Å². The molecule has 1 N–H and O–H groups in total. The topological polar surface area (TPSA) is 66.0 Å². The summed E-state index contributed by atoms with van der Waals surface area (Å²) in [7, 11) is 3.19. The normalized spacial score (nSPS) is 12.2. The number of hydrogen-bond donors (Lipinski definition) is 1. The first-order valence-electron chi connectivity index (χ1n) is 8.54. The largest absolute Gasteiger partial charge is 0.493 e. The van der Waals surface area contributed by atoms with Crippen molar-refractivity contribution in [1.29, 1.82) is 0 Å². The van der Waals surface area contributed by atoms with E-state index in [-0.39, 0.29) is 5.91 Å². The summed E-state index contributed by atoms with van der Waals surface area (Å²) in [5.41, 5.74) is 2.79. The molecule has 6 nitrogen and oxygen atoms in total. The Bertz CT molecular complexity index is 775. The molecule has 0 radical (unpaired) electrons. The summed E-state index contributed by atoms with van der Waals surface area (Å²) in [6.45, 7) is 1.59. The Kier molecular flexibility index (Phi) is 5.96. The molecule has 26 heavy (non-hydrogen) atoms. The molecule has 0 atom stereocenters. The predicted octanol–water partition coefficient (Wildman–Crippen LogP) is 2.84. The molecule has 0 aliphatic carbocycles. The lowest BCUT2D eigenvalue weighted by atomic mass is 10.1. The van der Waals surface area contributed by atoms with Crippen molar-refractivity contribution >= 4 is 11.6 Å². The zero-order valence-electron chi connectivity index (χ0n) is 15.0. The van der Waals surface area contributed by atoms with Gasteiger partial charge in [0.1, 0.15) is 12.4 Å². The van der Waals surface area contributed by atoms with Gasteiger partial charge in [-0.15, -0.1) is 0 Å². The molecule has 0 bridgehead atoms. The highest BCUT2D eigenvalue weighted by atomic mass is 16.5. The maximum atomic E-state index is 12.4. The molecule has 138 valence electrons. The van der Waals surface area contributed by atoms with Crippen LogP contribution in [0.3, 0.4) is 0 Å². The van der Waals surface area contributed by atoms with Gasteiger partial charge in [-0.25, -0.2) is 0 Å². The fraction of sp³-hybridized carbons (Fsp3) is 0.350. The monoisotopic (exact) mass is 357 g/mol. The van der Waals surface area contributed by atoms with Crippen LogP contribution in [0, 0.1) is 0 Å². The molecule has 6 heteroatoms. The first-order valence-corrected chi connectivity index (χ1v) is 8.54. The standard InChI is InChI=1S/C20H23NO5/c1-23-9-10-26-19-13-16(4-6-18(19)24-2)21-20(22)12-14-3-5-17-15(11-14)7-8-25-17/h3-6,11,13H,7-10,12H2,1-2H3,(H,21,22). The fourth-order valence-electron chi connectivity index (χ4n) is 2.84. The third kappa shape index (κ3) is 4.46. The summed E-state index contributed by atoms with van der Waals surface area (Å²) in [5, 5.41) is 2.90. The average Bonchev–Trinajstić information content (AvgIpc) is 3.10. The van der Waals surface area contributed by atoms with E-state index in [4.69, 9.17) is 18.9 Å². The molecule has 0 aromatic heterocycles. The minimum Gasteiger partial charge on any atom is -0.493 e. The summed E-state index contributed by atoms with van der Waals surface area (Å²) in [6.07, 6.45) is 1.20.